The van der Waals surface area contributed by atoms with Gasteiger partial charge in [-0.25, -0.2) is 0 Å². The Morgan fingerprint density at radius 2 is 2.00 bits per heavy atom. The summed E-state index contributed by atoms with van der Waals surface area (Å²) in [7, 11) is 0. The van der Waals surface area contributed by atoms with Crippen LogP contribution in [-0.2, 0) is 0 Å². The normalized spacial score (nSPS) is 13.0. The second kappa shape index (κ2) is 4.64. The number of ether oxygens (including phenoxy) is 2. The van der Waals surface area contributed by atoms with E-state index in [0.717, 1.165) is 17.1 Å². The van der Waals surface area contributed by atoms with Gasteiger partial charge in [-0.2, -0.15) is 0 Å². The number of rotatable bonds is 1. The fourth-order valence-electron chi connectivity index (χ4n) is 1.21. The summed E-state index contributed by atoms with van der Waals surface area (Å²) in [5.74, 6) is 1.67. The Hall–Kier alpha value is -0.518. The molecule has 1 aromatic rings. The van der Waals surface area contributed by atoms with Crippen LogP contribution in [0.2, 0.25) is 0 Å². The Labute approximate surface area is 97.7 Å². The topological polar surface area (TPSA) is 18.5 Å². The van der Waals surface area contributed by atoms with Crippen molar-refractivity contribution in [2.24, 2.45) is 0 Å². The van der Waals surface area contributed by atoms with Gasteiger partial charge >= 0.3 is 27.3 Å². The summed E-state index contributed by atoms with van der Waals surface area (Å²) in [6.45, 7) is 2.33. The molecule has 68 valence electrons. The zero-order valence-corrected chi connectivity index (χ0v) is 13.1. The van der Waals surface area contributed by atoms with Crippen LogP contribution >= 0.6 is 0 Å². The van der Waals surface area contributed by atoms with Gasteiger partial charge in [-0.15, -0.1) is 0 Å². The quantitative estimate of drug-likeness (QED) is 0.698. The van der Waals surface area contributed by atoms with E-state index in [1.54, 1.807) is 0 Å². The molecule has 0 aromatic heterocycles. The molecule has 0 N–H and O–H groups in total. The fourth-order valence-corrected chi connectivity index (χ4v) is 1.21. The van der Waals surface area contributed by atoms with Crippen LogP contribution in [-0.4, -0.2) is 34.1 Å². The summed E-state index contributed by atoms with van der Waals surface area (Å²) in [6, 6.07) is 5.91. The third kappa shape index (κ3) is 2.24. The van der Waals surface area contributed by atoms with Crippen molar-refractivity contribution in [3.05, 3.63) is 29.8 Å². The van der Waals surface area contributed by atoms with Gasteiger partial charge < -0.3 is 9.47 Å². The first-order chi connectivity index (χ1) is 5.90. The molecular weight excluding hydrogens is 359 g/mol. The van der Waals surface area contributed by atoms with Crippen LogP contribution in [0.4, 0.5) is 0 Å². The summed E-state index contributed by atoms with van der Waals surface area (Å²) in [5, 5.41) is 0. The third-order valence-electron chi connectivity index (χ3n) is 1.76. The van der Waals surface area contributed by atoms with Gasteiger partial charge in [0.05, 0.1) is 0 Å². The van der Waals surface area contributed by atoms with Crippen LogP contribution in [0.3, 0.4) is 0 Å². The summed E-state index contributed by atoms with van der Waals surface area (Å²) >= 11 is 0. The molecule has 0 atom stereocenters. The van der Waals surface area contributed by atoms with Gasteiger partial charge in [0, 0.05) is 0 Å². The van der Waals surface area contributed by atoms with Crippen LogP contribution in [0.1, 0.15) is 12.5 Å². The van der Waals surface area contributed by atoms with E-state index in [9.17, 15) is 0 Å². The molecule has 2 rings (SSSR count). The Morgan fingerprint density at radius 3 is 2.77 bits per heavy atom. The molecule has 13 heavy (non-hydrogen) atoms. The predicted octanol–water partition coefficient (Wildman–Crippen LogP) is 1.53. The molecule has 2 nitrogen and oxygen atoms in total. The van der Waals surface area contributed by atoms with Crippen molar-refractivity contribution >= 4 is 33.4 Å². The third-order valence-corrected chi connectivity index (χ3v) is 1.76. The van der Waals surface area contributed by atoms with Gasteiger partial charge in [0.1, 0.15) is 0 Å². The summed E-state index contributed by atoms with van der Waals surface area (Å²) in [4.78, 5) is 0. The first-order valence-corrected chi connectivity index (χ1v) is 3.92. The first-order valence-electron chi connectivity index (χ1n) is 3.92. The Morgan fingerprint density at radius 1 is 1.23 bits per heavy atom. The Balaban J connectivity index is 0.000000845. The van der Waals surface area contributed by atoms with E-state index in [-0.39, 0.29) is 27.3 Å². The average Bonchev–Trinajstić information content (AvgIpc) is 2.51. The van der Waals surface area contributed by atoms with Gasteiger partial charge in [0.2, 0.25) is 6.79 Å². The Kier molecular flexibility index (Phi) is 3.77. The summed E-state index contributed by atoms with van der Waals surface area (Å²) < 4.78 is 10.4. The van der Waals surface area contributed by atoms with Crippen molar-refractivity contribution in [1.82, 2.24) is 0 Å². The molecule has 0 unspecified atom stereocenters. The fraction of sp³-hybridized carbons (Fsp3) is 0.200. The van der Waals surface area contributed by atoms with Crippen molar-refractivity contribution in [1.29, 1.82) is 0 Å². The van der Waals surface area contributed by atoms with E-state index < -0.39 is 0 Å². The molecule has 1 aromatic carbocycles. The second-order valence-corrected chi connectivity index (χ2v) is 2.61. The van der Waals surface area contributed by atoms with Crippen molar-refractivity contribution in [3.8, 4) is 11.5 Å². The van der Waals surface area contributed by atoms with Crippen LogP contribution in [0.25, 0.3) is 6.08 Å². The SMILES string of the molecule is C/C=C/c1ccc2c(c1)OCO2.[PbH2]. The number of allylic oxidation sites excluding steroid dienone is 1. The zero-order valence-electron chi connectivity index (χ0n) is 7.62. The van der Waals surface area contributed by atoms with Crippen LogP contribution in [0.5, 0.6) is 11.5 Å². The van der Waals surface area contributed by atoms with E-state index in [0.29, 0.717) is 6.79 Å². The molecule has 3 heteroatoms. The first kappa shape index (κ1) is 10.6. The Bertz CT molecular complexity index is 321. The van der Waals surface area contributed by atoms with E-state index in [4.69, 9.17) is 9.47 Å². The maximum absolute atomic E-state index is 5.23. The molecule has 0 aliphatic carbocycles. The molecule has 0 amide bonds. The maximum atomic E-state index is 5.23. The van der Waals surface area contributed by atoms with Gasteiger partial charge in [-0.1, -0.05) is 18.2 Å². The number of fused-ring (bicyclic) bond motifs is 1. The predicted molar refractivity (Wildman–Crippen MR) is 55.8 cm³/mol. The van der Waals surface area contributed by atoms with Gasteiger partial charge in [-0.05, 0) is 24.6 Å². The molecule has 0 saturated carbocycles. The standard InChI is InChI=1S/C10H10O2.Pb.2H/c1-2-3-8-4-5-9-10(6-8)12-7-11-9;;;/h2-6H,7H2,1H3;;;/b3-2+;;;. The van der Waals surface area contributed by atoms with Crippen molar-refractivity contribution in [2.45, 2.75) is 6.92 Å². The van der Waals surface area contributed by atoms with Gasteiger partial charge in [-0.3, -0.25) is 0 Å². The monoisotopic (exact) mass is 372 g/mol. The molecule has 0 saturated heterocycles. The molecule has 2 radical (unpaired) electrons. The molecule has 0 bridgehead atoms. The van der Waals surface area contributed by atoms with E-state index in [1.165, 1.54) is 0 Å². The average molecular weight is 371 g/mol. The molecule has 0 spiro atoms. The zero-order chi connectivity index (χ0) is 8.39. The molecular formula is C10H12O2Pb. The molecule has 1 aliphatic heterocycles. The number of hydrogen-bond acceptors (Lipinski definition) is 2. The minimum atomic E-state index is 0. The van der Waals surface area contributed by atoms with Crippen LogP contribution < -0.4 is 9.47 Å². The van der Waals surface area contributed by atoms with Gasteiger partial charge in [0.15, 0.2) is 11.5 Å². The van der Waals surface area contributed by atoms with E-state index in [2.05, 4.69) is 0 Å². The molecule has 1 aliphatic rings. The van der Waals surface area contributed by atoms with E-state index in [1.807, 2.05) is 37.3 Å². The summed E-state index contributed by atoms with van der Waals surface area (Å²) in [6.07, 6.45) is 4.03. The van der Waals surface area contributed by atoms with Crippen LogP contribution in [0, 0.1) is 0 Å². The van der Waals surface area contributed by atoms with Crippen molar-refractivity contribution in [2.75, 3.05) is 6.79 Å². The van der Waals surface area contributed by atoms with E-state index >= 15 is 0 Å². The minimum absolute atomic E-state index is 0. The van der Waals surface area contributed by atoms with Crippen molar-refractivity contribution < 1.29 is 9.47 Å². The number of hydrogen-bond donors (Lipinski definition) is 0. The van der Waals surface area contributed by atoms with Crippen molar-refractivity contribution in [3.63, 3.8) is 0 Å². The summed E-state index contributed by atoms with van der Waals surface area (Å²) in [5.41, 5.74) is 1.14. The second-order valence-electron chi connectivity index (χ2n) is 2.61. The van der Waals surface area contributed by atoms with Gasteiger partial charge in [0.25, 0.3) is 0 Å². The van der Waals surface area contributed by atoms with Crippen LogP contribution in [0.15, 0.2) is 24.3 Å². The number of benzene rings is 1. The molecule has 0 fully saturated rings. The molecule has 1 heterocycles.